The third kappa shape index (κ3) is 2.07. The van der Waals surface area contributed by atoms with Gasteiger partial charge in [-0.15, -0.1) is 0 Å². The zero-order chi connectivity index (χ0) is 14.9. The van der Waals surface area contributed by atoms with E-state index in [2.05, 4.69) is 25.6 Å². The van der Waals surface area contributed by atoms with E-state index in [1.54, 1.807) is 4.90 Å². The molecular formula is C15H14N6O. The molecule has 0 saturated carbocycles. The summed E-state index contributed by atoms with van der Waals surface area (Å²) in [4.78, 5) is 14.5. The first-order chi connectivity index (χ1) is 10.8. The van der Waals surface area contributed by atoms with Crippen molar-refractivity contribution in [2.45, 2.75) is 13.0 Å². The molecule has 1 amide bonds. The molecule has 0 fully saturated rings. The molecular weight excluding hydrogens is 280 g/mol. The number of carbonyl (C=O) groups excluding carboxylic acids is 1. The molecule has 1 aliphatic rings. The summed E-state index contributed by atoms with van der Waals surface area (Å²) in [6.45, 7) is 1.18. The Morgan fingerprint density at radius 3 is 2.91 bits per heavy atom. The average molecular weight is 294 g/mol. The van der Waals surface area contributed by atoms with Crippen LogP contribution in [0.1, 0.15) is 21.7 Å². The van der Waals surface area contributed by atoms with E-state index in [1.165, 1.54) is 5.56 Å². The number of aromatic amines is 2. The summed E-state index contributed by atoms with van der Waals surface area (Å²) in [6.07, 6.45) is 2.62. The first-order valence-corrected chi connectivity index (χ1v) is 7.09. The SMILES string of the molecule is O=C(c1n[nH]nc1-c1ccccc1)N1CCc2cn[nH]c2C1. The Balaban J connectivity index is 1.64. The van der Waals surface area contributed by atoms with Gasteiger partial charge in [0.15, 0.2) is 5.69 Å². The molecule has 4 rings (SSSR count). The summed E-state index contributed by atoms with van der Waals surface area (Å²) in [5.74, 6) is -0.118. The Morgan fingerprint density at radius 1 is 1.18 bits per heavy atom. The van der Waals surface area contributed by atoms with Crippen molar-refractivity contribution in [3.05, 3.63) is 53.5 Å². The van der Waals surface area contributed by atoms with Crippen LogP contribution < -0.4 is 0 Å². The number of H-pyrrole nitrogens is 2. The monoisotopic (exact) mass is 294 g/mol. The van der Waals surface area contributed by atoms with Gasteiger partial charge >= 0.3 is 0 Å². The maximum atomic E-state index is 12.8. The van der Waals surface area contributed by atoms with Gasteiger partial charge in [-0.1, -0.05) is 30.3 Å². The van der Waals surface area contributed by atoms with Gasteiger partial charge in [0.1, 0.15) is 5.69 Å². The van der Waals surface area contributed by atoms with Gasteiger partial charge in [0.25, 0.3) is 5.91 Å². The van der Waals surface area contributed by atoms with Crippen molar-refractivity contribution >= 4 is 5.91 Å². The number of nitrogens with one attached hydrogen (secondary N) is 2. The molecule has 1 aromatic carbocycles. The van der Waals surface area contributed by atoms with Crippen LogP contribution in [0.2, 0.25) is 0 Å². The summed E-state index contributed by atoms with van der Waals surface area (Å²) in [6, 6.07) is 9.58. The second-order valence-corrected chi connectivity index (χ2v) is 5.24. The molecule has 22 heavy (non-hydrogen) atoms. The maximum absolute atomic E-state index is 12.8. The lowest BCUT2D eigenvalue weighted by Crippen LogP contribution is -2.36. The van der Waals surface area contributed by atoms with Crippen LogP contribution in [-0.4, -0.2) is 43.0 Å². The fourth-order valence-electron chi connectivity index (χ4n) is 2.72. The molecule has 0 bridgehead atoms. The molecule has 0 unspecified atom stereocenters. The van der Waals surface area contributed by atoms with Crippen molar-refractivity contribution < 1.29 is 4.79 Å². The third-order valence-electron chi connectivity index (χ3n) is 3.89. The molecule has 2 aromatic heterocycles. The highest BCUT2D eigenvalue weighted by Gasteiger charge is 2.27. The van der Waals surface area contributed by atoms with E-state index in [0.29, 0.717) is 24.5 Å². The van der Waals surface area contributed by atoms with E-state index in [1.807, 2.05) is 36.5 Å². The second kappa shape index (κ2) is 5.10. The molecule has 7 nitrogen and oxygen atoms in total. The zero-order valence-corrected chi connectivity index (χ0v) is 11.8. The summed E-state index contributed by atoms with van der Waals surface area (Å²) in [5, 5.41) is 17.7. The number of hydrogen-bond donors (Lipinski definition) is 2. The quantitative estimate of drug-likeness (QED) is 0.747. The average Bonchev–Trinajstić information content (AvgIpc) is 3.23. The minimum Gasteiger partial charge on any atom is -0.331 e. The van der Waals surface area contributed by atoms with Gasteiger partial charge < -0.3 is 4.90 Å². The highest BCUT2D eigenvalue weighted by molar-refractivity contribution is 5.97. The summed E-state index contributed by atoms with van der Waals surface area (Å²) < 4.78 is 0. The van der Waals surface area contributed by atoms with Gasteiger partial charge in [-0.25, -0.2) is 0 Å². The van der Waals surface area contributed by atoms with Gasteiger partial charge in [-0.3, -0.25) is 9.89 Å². The van der Waals surface area contributed by atoms with Crippen molar-refractivity contribution in [2.24, 2.45) is 0 Å². The van der Waals surface area contributed by atoms with Gasteiger partial charge in [-0.2, -0.15) is 20.5 Å². The minimum atomic E-state index is -0.118. The van der Waals surface area contributed by atoms with E-state index < -0.39 is 0 Å². The molecule has 3 heterocycles. The maximum Gasteiger partial charge on any atom is 0.277 e. The summed E-state index contributed by atoms with van der Waals surface area (Å²) >= 11 is 0. The molecule has 0 atom stereocenters. The van der Waals surface area contributed by atoms with Gasteiger partial charge in [0, 0.05) is 12.1 Å². The molecule has 3 aromatic rings. The number of rotatable bonds is 2. The molecule has 0 aliphatic carbocycles. The molecule has 7 heteroatoms. The van der Waals surface area contributed by atoms with Gasteiger partial charge in [0.2, 0.25) is 0 Å². The second-order valence-electron chi connectivity index (χ2n) is 5.24. The predicted molar refractivity (Wildman–Crippen MR) is 78.9 cm³/mol. The number of nitrogens with zero attached hydrogens (tertiary/aromatic N) is 4. The van der Waals surface area contributed by atoms with Crippen molar-refractivity contribution in [1.82, 2.24) is 30.5 Å². The number of hydrogen-bond acceptors (Lipinski definition) is 4. The highest BCUT2D eigenvalue weighted by Crippen LogP contribution is 2.23. The van der Waals surface area contributed by atoms with Crippen molar-refractivity contribution in [3.63, 3.8) is 0 Å². The number of aromatic nitrogens is 5. The summed E-state index contributed by atoms with van der Waals surface area (Å²) in [5.41, 5.74) is 3.98. The lowest BCUT2D eigenvalue weighted by atomic mass is 10.1. The predicted octanol–water partition coefficient (Wildman–Crippen LogP) is 1.39. The lowest BCUT2D eigenvalue weighted by molar-refractivity contribution is 0.0727. The Morgan fingerprint density at radius 2 is 2.05 bits per heavy atom. The van der Waals surface area contributed by atoms with Crippen molar-refractivity contribution in [3.8, 4) is 11.3 Å². The van der Waals surface area contributed by atoms with Crippen molar-refractivity contribution in [2.75, 3.05) is 6.54 Å². The van der Waals surface area contributed by atoms with Crippen LogP contribution in [0.3, 0.4) is 0 Å². The normalized spacial score (nSPS) is 13.9. The highest BCUT2D eigenvalue weighted by atomic mass is 16.2. The van der Waals surface area contributed by atoms with E-state index in [4.69, 9.17) is 0 Å². The van der Waals surface area contributed by atoms with E-state index >= 15 is 0 Å². The Hall–Kier alpha value is -2.96. The van der Waals surface area contributed by atoms with Crippen LogP contribution in [-0.2, 0) is 13.0 Å². The first kappa shape index (κ1) is 12.8. The number of fused-ring (bicyclic) bond motifs is 1. The van der Waals surface area contributed by atoms with Gasteiger partial charge in [0.05, 0.1) is 18.4 Å². The van der Waals surface area contributed by atoms with Gasteiger partial charge in [-0.05, 0) is 12.0 Å². The van der Waals surface area contributed by atoms with Crippen LogP contribution in [0, 0.1) is 0 Å². The molecule has 0 spiro atoms. The Labute approximate surface area is 126 Å². The lowest BCUT2D eigenvalue weighted by Gasteiger charge is -2.25. The summed E-state index contributed by atoms with van der Waals surface area (Å²) in [7, 11) is 0. The first-order valence-electron chi connectivity index (χ1n) is 7.09. The standard InChI is InChI=1S/C15H14N6O/c22-15(21-7-6-11-8-16-17-12(11)9-21)14-13(18-20-19-14)10-4-2-1-3-5-10/h1-5,8H,6-7,9H2,(H,16,17)(H,18,19,20). The fourth-order valence-corrected chi connectivity index (χ4v) is 2.72. The molecule has 1 aliphatic heterocycles. The zero-order valence-electron chi connectivity index (χ0n) is 11.8. The molecule has 110 valence electrons. The smallest absolute Gasteiger partial charge is 0.277 e. The largest absolute Gasteiger partial charge is 0.331 e. The van der Waals surface area contributed by atoms with E-state index in [0.717, 1.165) is 17.7 Å². The Kier molecular flexibility index (Phi) is 2.96. The topological polar surface area (TPSA) is 90.6 Å². The minimum absolute atomic E-state index is 0.118. The molecule has 0 radical (unpaired) electrons. The van der Waals surface area contributed by atoms with E-state index in [9.17, 15) is 4.79 Å². The van der Waals surface area contributed by atoms with Crippen LogP contribution in [0.5, 0.6) is 0 Å². The van der Waals surface area contributed by atoms with Crippen molar-refractivity contribution in [1.29, 1.82) is 0 Å². The fraction of sp³-hybridized carbons (Fsp3) is 0.200. The van der Waals surface area contributed by atoms with Crippen LogP contribution in [0.25, 0.3) is 11.3 Å². The third-order valence-corrected chi connectivity index (χ3v) is 3.89. The number of amides is 1. The van der Waals surface area contributed by atoms with Crippen LogP contribution >= 0.6 is 0 Å². The molecule has 2 N–H and O–H groups in total. The van der Waals surface area contributed by atoms with Crippen LogP contribution in [0.4, 0.5) is 0 Å². The Bertz CT molecular complexity index is 806. The van der Waals surface area contributed by atoms with Crippen LogP contribution in [0.15, 0.2) is 36.5 Å². The van der Waals surface area contributed by atoms with E-state index in [-0.39, 0.29) is 5.91 Å². The number of benzene rings is 1. The number of carbonyl (C=O) groups is 1. The molecule has 0 saturated heterocycles.